The van der Waals surface area contributed by atoms with Crippen LogP contribution in [0, 0.1) is 0 Å². The van der Waals surface area contributed by atoms with Gasteiger partial charge in [0.1, 0.15) is 0 Å². The Morgan fingerprint density at radius 1 is 1.75 bits per heavy atom. The fraction of sp³-hybridized carbons (Fsp3) is 0.500. The molecule has 6 heteroatoms. The fourth-order valence-electron chi connectivity index (χ4n) is 0.130. The van der Waals surface area contributed by atoms with Gasteiger partial charge >= 0.3 is 6.03 Å². The molecule has 0 aliphatic carbocycles. The normalized spacial score (nSPS) is 12.2. The zero-order chi connectivity index (χ0) is 6.57. The van der Waals surface area contributed by atoms with Crippen LogP contribution in [0.2, 0.25) is 0 Å². The van der Waals surface area contributed by atoms with E-state index in [0.717, 1.165) is 0 Å². The number of urea groups is 1. The monoisotopic (exact) mass is 138 g/mol. The number of hydrogen-bond donors (Lipinski definition) is 3. The van der Waals surface area contributed by atoms with Gasteiger partial charge < -0.3 is 5.32 Å². The van der Waals surface area contributed by atoms with Gasteiger partial charge in [-0.2, -0.15) is 0 Å². The zero-order valence-corrected chi connectivity index (χ0v) is 4.99. The van der Waals surface area contributed by atoms with Gasteiger partial charge in [-0.05, 0) is 0 Å². The molecule has 0 fully saturated rings. The van der Waals surface area contributed by atoms with Crippen LogP contribution in [0.3, 0.4) is 0 Å². The molecule has 0 spiro atoms. The van der Waals surface area contributed by atoms with Gasteiger partial charge in [0.05, 0.1) is 0 Å². The lowest BCUT2D eigenvalue weighted by Crippen LogP contribution is -2.33. The molecule has 5 nitrogen and oxygen atoms in total. The van der Waals surface area contributed by atoms with Crippen LogP contribution in [0.1, 0.15) is 0 Å². The predicted molar refractivity (Wildman–Crippen MR) is 28.4 cm³/mol. The summed E-state index contributed by atoms with van der Waals surface area (Å²) in [5.74, 6) is 0. The van der Waals surface area contributed by atoms with Crippen LogP contribution in [0.4, 0.5) is 4.79 Å². The summed E-state index contributed by atoms with van der Waals surface area (Å²) in [5.41, 5.74) is 0. The Bertz CT molecular complexity index is 114. The summed E-state index contributed by atoms with van der Waals surface area (Å²) in [6, 6.07) is -0.675. The molecule has 0 aromatic heterocycles. The van der Waals surface area contributed by atoms with Crippen LogP contribution >= 0.6 is 0 Å². The molecule has 0 heterocycles. The van der Waals surface area contributed by atoms with Crippen molar-refractivity contribution in [1.82, 2.24) is 10.0 Å². The second-order valence-corrected chi connectivity index (χ2v) is 1.63. The van der Waals surface area contributed by atoms with Crippen LogP contribution in [0.15, 0.2) is 0 Å². The lowest BCUT2D eigenvalue weighted by atomic mass is 11.0. The van der Waals surface area contributed by atoms with Gasteiger partial charge in [-0.25, -0.2) is 13.7 Å². The third kappa shape index (κ3) is 3.57. The number of rotatable bonds is 1. The topological polar surface area (TPSA) is 78.4 Å². The fourth-order valence-corrected chi connectivity index (χ4v) is 0.391. The average Bonchev–Trinajstić information content (AvgIpc) is 1.65. The molecule has 8 heavy (non-hydrogen) atoms. The van der Waals surface area contributed by atoms with Crippen molar-refractivity contribution >= 4 is 17.3 Å². The van der Waals surface area contributed by atoms with Gasteiger partial charge in [0, 0.05) is 7.05 Å². The lowest BCUT2D eigenvalue weighted by Gasteiger charge is -1.94. The second-order valence-electron chi connectivity index (χ2n) is 0.930. The van der Waals surface area contributed by atoms with Crippen molar-refractivity contribution in [3.63, 3.8) is 0 Å². The molecule has 3 N–H and O–H groups in total. The first-order chi connectivity index (χ1) is 3.66. The number of hydrogen-bond acceptors (Lipinski definition) is 2. The summed E-state index contributed by atoms with van der Waals surface area (Å²) >= 11 is -2.26. The third-order valence-electron chi connectivity index (χ3n) is 0.407. The molecule has 0 saturated heterocycles. The number of amides is 2. The third-order valence-corrected chi connectivity index (χ3v) is 0.767. The molecule has 0 saturated carbocycles. The van der Waals surface area contributed by atoms with Crippen molar-refractivity contribution in [2.24, 2.45) is 0 Å². The summed E-state index contributed by atoms with van der Waals surface area (Å²) in [6.07, 6.45) is 0. The predicted octanol–water partition coefficient (Wildman–Crippen LogP) is -0.948. The standard InChI is InChI=1S/C2H6N2O3S/c1-3-2(5)4-8(6)7/h1H3,(H,6,7)(H2,3,4,5). The Balaban J connectivity index is 3.40. The van der Waals surface area contributed by atoms with Gasteiger partial charge in [-0.15, -0.1) is 0 Å². The van der Waals surface area contributed by atoms with Gasteiger partial charge in [0.25, 0.3) is 11.3 Å². The highest BCUT2D eigenvalue weighted by atomic mass is 32.2. The Morgan fingerprint density at radius 2 is 2.25 bits per heavy atom. The minimum Gasteiger partial charge on any atom is -0.340 e. The maximum atomic E-state index is 10.0. The van der Waals surface area contributed by atoms with Crippen molar-refractivity contribution in [2.75, 3.05) is 7.05 Å². The first kappa shape index (κ1) is 7.38. The highest BCUT2D eigenvalue weighted by molar-refractivity contribution is 7.77. The first-order valence-electron chi connectivity index (χ1n) is 1.76. The van der Waals surface area contributed by atoms with Gasteiger partial charge in [-0.3, -0.25) is 4.55 Å². The molecule has 1 unspecified atom stereocenters. The molecular weight excluding hydrogens is 132 g/mol. The Kier molecular flexibility index (Phi) is 3.13. The van der Waals surface area contributed by atoms with Crippen LogP contribution in [-0.2, 0) is 11.3 Å². The maximum Gasteiger partial charge on any atom is 0.328 e. The van der Waals surface area contributed by atoms with E-state index in [4.69, 9.17) is 4.55 Å². The minimum absolute atomic E-state index is 0.675. The van der Waals surface area contributed by atoms with Crippen LogP contribution in [0.25, 0.3) is 0 Å². The second kappa shape index (κ2) is 3.39. The van der Waals surface area contributed by atoms with Gasteiger partial charge in [-0.1, -0.05) is 0 Å². The van der Waals surface area contributed by atoms with Crippen LogP contribution in [0.5, 0.6) is 0 Å². The Hall–Kier alpha value is -0.620. The molecule has 0 bridgehead atoms. The molecule has 0 aromatic rings. The molecule has 0 aliphatic rings. The van der Waals surface area contributed by atoms with E-state index in [1.165, 1.54) is 7.05 Å². The highest BCUT2D eigenvalue weighted by Crippen LogP contribution is 1.62. The summed E-state index contributed by atoms with van der Waals surface area (Å²) < 4.78 is 19.3. The summed E-state index contributed by atoms with van der Waals surface area (Å²) in [4.78, 5) is 10.0. The summed E-state index contributed by atoms with van der Waals surface area (Å²) in [5, 5.41) is 2.09. The van der Waals surface area contributed by atoms with Crippen LogP contribution in [-0.4, -0.2) is 21.8 Å². The number of carbonyl (C=O) groups excluding carboxylic acids is 1. The molecular formula is C2H6N2O3S. The quantitative estimate of drug-likeness (QED) is 0.409. The molecule has 1 atom stereocenters. The average molecular weight is 138 g/mol. The lowest BCUT2D eigenvalue weighted by molar-refractivity contribution is 0.247. The van der Waals surface area contributed by atoms with Gasteiger partial charge in [0.2, 0.25) is 0 Å². The van der Waals surface area contributed by atoms with Crippen molar-refractivity contribution in [3.8, 4) is 0 Å². The molecule has 0 aromatic carbocycles. The first-order valence-corrected chi connectivity index (χ1v) is 2.86. The smallest absolute Gasteiger partial charge is 0.328 e. The zero-order valence-electron chi connectivity index (χ0n) is 4.17. The van der Waals surface area contributed by atoms with Gasteiger partial charge in [0.15, 0.2) is 0 Å². The Labute approximate surface area is 48.9 Å². The summed E-state index contributed by atoms with van der Waals surface area (Å²) in [7, 11) is 1.35. The van der Waals surface area contributed by atoms with E-state index in [1.54, 1.807) is 4.72 Å². The van der Waals surface area contributed by atoms with Crippen molar-refractivity contribution in [1.29, 1.82) is 0 Å². The van der Waals surface area contributed by atoms with Crippen molar-refractivity contribution in [3.05, 3.63) is 0 Å². The van der Waals surface area contributed by atoms with Crippen LogP contribution < -0.4 is 10.0 Å². The van der Waals surface area contributed by atoms with Crippen molar-refractivity contribution in [2.45, 2.75) is 0 Å². The molecule has 0 aliphatic heterocycles. The molecule has 2 amide bonds. The van der Waals surface area contributed by atoms with Crippen molar-refractivity contribution < 1.29 is 13.6 Å². The molecule has 0 radical (unpaired) electrons. The number of nitrogens with one attached hydrogen (secondary N) is 2. The molecule has 0 rings (SSSR count). The largest absolute Gasteiger partial charge is 0.340 e. The van der Waals surface area contributed by atoms with E-state index in [9.17, 15) is 9.00 Å². The summed E-state index contributed by atoms with van der Waals surface area (Å²) in [6.45, 7) is 0. The van der Waals surface area contributed by atoms with E-state index in [1.807, 2.05) is 0 Å². The highest BCUT2D eigenvalue weighted by Gasteiger charge is 1.96. The minimum atomic E-state index is -2.26. The Morgan fingerprint density at radius 3 is 2.38 bits per heavy atom. The van der Waals surface area contributed by atoms with E-state index in [2.05, 4.69) is 5.32 Å². The number of carbonyl (C=O) groups is 1. The van der Waals surface area contributed by atoms with E-state index < -0.39 is 17.3 Å². The SMILES string of the molecule is CNC(=O)NS(=O)O. The van der Waals surface area contributed by atoms with E-state index >= 15 is 0 Å². The van der Waals surface area contributed by atoms with E-state index in [0.29, 0.717) is 0 Å². The maximum absolute atomic E-state index is 10.0. The van der Waals surface area contributed by atoms with E-state index in [-0.39, 0.29) is 0 Å². The molecule has 48 valence electrons.